The van der Waals surface area contributed by atoms with Crippen LogP contribution in [0.25, 0.3) is 0 Å². The van der Waals surface area contributed by atoms with Crippen LogP contribution in [-0.4, -0.2) is 10.7 Å². The molecule has 0 aromatic heterocycles. The van der Waals surface area contributed by atoms with Gasteiger partial charge in [0.05, 0.1) is 5.70 Å². The minimum absolute atomic E-state index is 0.367. The second kappa shape index (κ2) is 2.47. The summed E-state index contributed by atoms with van der Waals surface area (Å²) in [5.41, 5.74) is 9.98. The second-order valence-corrected chi connectivity index (χ2v) is 3.15. The van der Waals surface area contributed by atoms with Gasteiger partial charge in [-0.1, -0.05) is 13.0 Å². The molecule has 3 N–H and O–H groups in total. The highest BCUT2D eigenvalue weighted by molar-refractivity contribution is 5.33. The van der Waals surface area contributed by atoms with Crippen molar-refractivity contribution in [2.75, 3.05) is 0 Å². The van der Waals surface area contributed by atoms with E-state index in [0.29, 0.717) is 0 Å². The quantitative estimate of drug-likeness (QED) is 0.602. The molecular weight excluding hydrogens is 150 g/mol. The van der Waals surface area contributed by atoms with Gasteiger partial charge >= 0.3 is 0 Å². The van der Waals surface area contributed by atoms with Crippen molar-refractivity contribution < 1.29 is 0 Å². The molecule has 2 aliphatic rings. The van der Waals surface area contributed by atoms with Gasteiger partial charge in [0.1, 0.15) is 5.66 Å². The van der Waals surface area contributed by atoms with Gasteiger partial charge in [-0.15, -0.1) is 0 Å². The molecule has 0 saturated carbocycles. The van der Waals surface area contributed by atoms with Crippen molar-refractivity contribution in [2.24, 2.45) is 5.73 Å². The van der Waals surface area contributed by atoms with Gasteiger partial charge in [-0.3, -0.25) is 5.01 Å². The molecule has 2 rings (SSSR count). The van der Waals surface area contributed by atoms with Gasteiger partial charge in [0.2, 0.25) is 0 Å². The second-order valence-electron chi connectivity index (χ2n) is 3.15. The van der Waals surface area contributed by atoms with E-state index in [1.54, 1.807) is 0 Å². The number of nitrogens with one attached hydrogen (secondary N) is 1. The zero-order valence-corrected chi connectivity index (χ0v) is 7.12. The Morgan fingerprint density at radius 3 is 3.08 bits per heavy atom. The normalized spacial score (nSPS) is 32.2. The van der Waals surface area contributed by atoms with Crippen molar-refractivity contribution in [2.45, 2.75) is 19.0 Å². The van der Waals surface area contributed by atoms with Gasteiger partial charge in [-0.2, -0.15) is 0 Å². The Hall–Kier alpha value is -1.06. The maximum Gasteiger partial charge on any atom is 0.105 e. The fraction of sp³-hybridized carbons (Fsp3) is 0.333. The highest BCUT2D eigenvalue weighted by Gasteiger charge is 2.30. The van der Waals surface area contributed by atoms with Gasteiger partial charge in [0.25, 0.3) is 0 Å². The van der Waals surface area contributed by atoms with Crippen LogP contribution >= 0.6 is 0 Å². The molecule has 0 fully saturated rings. The van der Waals surface area contributed by atoms with Crippen LogP contribution in [0, 0.1) is 0 Å². The number of fused-ring (bicyclic) bond motifs is 1. The Kier molecular flexibility index (Phi) is 1.56. The molecule has 0 aromatic rings. The van der Waals surface area contributed by atoms with E-state index in [9.17, 15) is 0 Å². The summed E-state index contributed by atoms with van der Waals surface area (Å²) in [5.74, 6) is 0. The van der Waals surface area contributed by atoms with Gasteiger partial charge in [0.15, 0.2) is 0 Å². The van der Waals surface area contributed by atoms with Crippen LogP contribution in [0.2, 0.25) is 0 Å². The van der Waals surface area contributed by atoms with Gasteiger partial charge < -0.3 is 5.73 Å². The number of nitrogens with two attached hydrogens (primary N) is 1. The smallest absolute Gasteiger partial charge is 0.105 e. The predicted octanol–water partition coefficient (Wildman–Crippen LogP) is 0.839. The van der Waals surface area contributed by atoms with Crippen LogP contribution in [0.1, 0.15) is 13.3 Å². The Morgan fingerprint density at radius 2 is 2.42 bits per heavy atom. The van der Waals surface area contributed by atoms with Gasteiger partial charge in [0, 0.05) is 6.20 Å². The molecular formula is C9H13N3. The van der Waals surface area contributed by atoms with Crippen molar-refractivity contribution >= 4 is 0 Å². The van der Waals surface area contributed by atoms with Gasteiger partial charge in [-0.05, 0) is 24.6 Å². The van der Waals surface area contributed by atoms with E-state index in [4.69, 9.17) is 5.73 Å². The third-order valence-corrected chi connectivity index (χ3v) is 2.21. The summed E-state index contributed by atoms with van der Waals surface area (Å²) in [6.07, 6.45) is 10.9. The lowest BCUT2D eigenvalue weighted by Gasteiger charge is -2.25. The summed E-state index contributed by atoms with van der Waals surface area (Å²) < 4.78 is 0. The fourth-order valence-electron chi connectivity index (χ4n) is 1.38. The topological polar surface area (TPSA) is 41.3 Å². The van der Waals surface area contributed by atoms with E-state index < -0.39 is 0 Å². The number of rotatable bonds is 1. The first-order valence-electron chi connectivity index (χ1n) is 4.17. The third-order valence-electron chi connectivity index (χ3n) is 2.21. The molecule has 0 radical (unpaired) electrons. The number of nitrogens with zero attached hydrogens (tertiary/aromatic N) is 1. The summed E-state index contributed by atoms with van der Waals surface area (Å²) in [4.78, 5) is 0. The Bertz CT molecular complexity index is 277. The molecule has 2 heterocycles. The Labute approximate surface area is 72.2 Å². The molecule has 1 atom stereocenters. The molecule has 3 nitrogen and oxygen atoms in total. The van der Waals surface area contributed by atoms with Crippen LogP contribution in [0.15, 0.2) is 36.2 Å². The van der Waals surface area contributed by atoms with E-state index in [1.165, 1.54) is 0 Å². The summed E-state index contributed by atoms with van der Waals surface area (Å²) in [5, 5.41) is 1.95. The summed E-state index contributed by atoms with van der Waals surface area (Å²) in [6.45, 7) is 2.07. The largest absolute Gasteiger partial charge is 0.309 e. The standard InChI is InChI=1S/C9H13N3/c1-2-9(10)7-8-5-3-4-6-12(8)11-9/h3-7,11H,2,10H2,1H3. The lowest BCUT2D eigenvalue weighted by molar-refractivity contribution is 0.268. The van der Waals surface area contributed by atoms with Crippen LogP contribution in [0.3, 0.4) is 0 Å². The van der Waals surface area contributed by atoms with E-state index in [1.807, 2.05) is 35.5 Å². The Balaban J connectivity index is 2.28. The lowest BCUT2D eigenvalue weighted by atomic mass is 10.1. The Morgan fingerprint density at radius 1 is 1.58 bits per heavy atom. The highest BCUT2D eigenvalue weighted by Crippen LogP contribution is 2.22. The van der Waals surface area contributed by atoms with Crippen molar-refractivity contribution in [3.8, 4) is 0 Å². The zero-order chi connectivity index (χ0) is 8.60. The number of hydrazine groups is 1. The van der Waals surface area contributed by atoms with E-state index in [2.05, 4.69) is 12.3 Å². The molecule has 64 valence electrons. The minimum atomic E-state index is -0.367. The first-order chi connectivity index (χ1) is 5.73. The van der Waals surface area contributed by atoms with Crippen molar-refractivity contribution in [3.63, 3.8) is 0 Å². The monoisotopic (exact) mass is 163 g/mol. The maximum absolute atomic E-state index is 6.02. The highest BCUT2D eigenvalue weighted by atomic mass is 15.6. The van der Waals surface area contributed by atoms with Crippen molar-refractivity contribution in [1.29, 1.82) is 0 Å². The lowest BCUT2D eigenvalue weighted by Crippen LogP contribution is -2.51. The summed E-state index contributed by atoms with van der Waals surface area (Å²) in [6, 6.07) is 0. The van der Waals surface area contributed by atoms with E-state index in [0.717, 1.165) is 12.1 Å². The van der Waals surface area contributed by atoms with Gasteiger partial charge in [-0.25, -0.2) is 5.43 Å². The molecule has 1 unspecified atom stereocenters. The average molecular weight is 163 g/mol. The van der Waals surface area contributed by atoms with E-state index >= 15 is 0 Å². The van der Waals surface area contributed by atoms with Crippen LogP contribution < -0.4 is 11.2 Å². The van der Waals surface area contributed by atoms with Crippen LogP contribution in [-0.2, 0) is 0 Å². The molecule has 0 aliphatic carbocycles. The molecule has 3 heteroatoms. The maximum atomic E-state index is 6.02. The van der Waals surface area contributed by atoms with Crippen molar-refractivity contribution in [1.82, 2.24) is 10.4 Å². The van der Waals surface area contributed by atoms with E-state index in [-0.39, 0.29) is 5.66 Å². The van der Waals surface area contributed by atoms with Crippen LogP contribution in [0.4, 0.5) is 0 Å². The number of allylic oxidation sites excluding steroid dienone is 3. The number of hydrogen-bond acceptors (Lipinski definition) is 3. The summed E-state index contributed by atoms with van der Waals surface area (Å²) in [7, 11) is 0. The third kappa shape index (κ3) is 1.07. The first-order valence-corrected chi connectivity index (χ1v) is 4.17. The number of hydrogen-bond donors (Lipinski definition) is 2. The predicted molar refractivity (Wildman–Crippen MR) is 48.5 cm³/mol. The van der Waals surface area contributed by atoms with Crippen molar-refractivity contribution in [3.05, 3.63) is 36.2 Å². The SMILES string of the molecule is CCC1(N)C=C2C=CC=CN2N1. The molecule has 0 aromatic carbocycles. The van der Waals surface area contributed by atoms with Crippen LogP contribution in [0.5, 0.6) is 0 Å². The molecule has 12 heavy (non-hydrogen) atoms. The fourth-order valence-corrected chi connectivity index (χ4v) is 1.38. The molecule has 0 bridgehead atoms. The summed E-state index contributed by atoms with van der Waals surface area (Å²) >= 11 is 0. The molecule has 0 spiro atoms. The average Bonchev–Trinajstić information content (AvgIpc) is 2.42. The molecule has 0 saturated heterocycles. The molecule has 2 aliphatic heterocycles. The first kappa shape index (κ1) is 7.58. The minimum Gasteiger partial charge on any atom is -0.309 e. The molecule has 0 amide bonds. The zero-order valence-electron chi connectivity index (χ0n) is 7.12.